The number of alkyl halides is 2. The molecule has 0 radical (unpaired) electrons. The molecule has 5 nitrogen and oxygen atoms in total. The average Bonchev–Trinajstić information content (AvgIpc) is 2.85. The second kappa shape index (κ2) is 15.1. The molecular formula is C29H41F2NO4S. The number of carbonyl (C=O) groups is 1. The number of rotatable bonds is 16. The Morgan fingerprint density at radius 1 is 0.865 bits per heavy atom. The standard InChI is InChI=1S/C29H41F2NO4S/c1-21-20-25(22(2)23(3)27(21)33)32-29(34)28(24-16-12-11-13-17-24)37(35,36)19-15-10-8-6-4-5-7-9-14-18-26(30)31/h11-13,16-17,20,26,28,33H,4-10,14-15,18-19H2,1-3H3,(H,32,34)/t28-/m0/s1. The molecule has 0 aliphatic rings. The molecule has 2 N–H and O–H groups in total. The van der Waals surface area contributed by atoms with Crippen molar-refractivity contribution in [2.45, 2.75) is 96.7 Å². The van der Waals surface area contributed by atoms with Crippen molar-refractivity contribution >= 4 is 21.4 Å². The zero-order valence-corrected chi connectivity index (χ0v) is 23.0. The van der Waals surface area contributed by atoms with Gasteiger partial charge in [0, 0.05) is 12.1 Å². The van der Waals surface area contributed by atoms with Gasteiger partial charge in [-0.3, -0.25) is 4.79 Å². The summed E-state index contributed by atoms with van der Waals surface area (Å²) in [7, 11) is -3.77. The van der Waals surface area contributed by atoms with Crippen LogP contribution in [0.2, 0.25) is 0 Å². The predicted molar refractivity (Wildman–Crippen MR) is 146 cm³/mol. The van der Waals surface area contributed by atoms with E-state index >= 15 is 0 Å². The van der Waals surface area contributed by atoms with E-state index in [1.165, 1.54) is 0 Å². The van der Waals surface area contributed by atoms with Crippen LogP contribution in [0.5, 0.6) is 5.75 Å². The van der Waals surface area contributed by atoms with Gasteiger partial charge >= 0.3 is 0 Å². The summed E-state index contributed by atoms with van der Waals surface area (Å²) >= 11 is 0. The summed E-state index contributed by atoms with van der Waals surface area (Å²) in [6.07, 6.45) is 5.25. The van der Waals surface area contributed by atoms with Crippen molar-refractivity contribution in [3.8, 4) is 5.75 Å². The minimum absolute atomic E-state index is 0.0235. The summed E-state index contributed by atoms with van der Waals surface area (Å²) in [6.45, 7) is 5.27. The fourth-order valence-electron chi connectivity index (χ4n) is 4.50. The van der Waals surface area contributed by atoms with E-state index in [4.69, 9.17) is 0 Å². The van der Waals surface area contributed by atoms with Crippen LogP contribution in [-0.2, 0) is 14.6 Å². The van der Waals surface area contributed by atoms with Crippen LogP contribution in [0, 0.1) is 20.8 Å². The normalized spacial score (nSPS) is 12.6. The number of hydrogen-bond donors (Lipinski definition) is 2. The summed E-state index contributed by atoms with van der Waals surface area (Å²) in [5.74, 6) is -0.527. The quantitative estimate of drug-likeness (QED) is 0.171. The Labute approximate surface area is 220 Å². The number of unbranched alkanes of at least 4 members (excludes halogenated alkanes) is 8. The van der Waals surface area contributed by atoms with E-state index in [9.17, 15) is 27.1 Å². The van der Waals surface area contributed by atoms with Crippen molar-refractivity contribution in [1.82, 2.24) is 0 Å². The number of phenols is 1. The average molecular weight is 538 g/mol. The van der Waals surface area contributed by atoms with Crippen molar-refractivity contribution in [1.29, 1.82) is 0 Å². The Hall–Kier alpha value is -2.48. The Morgan fingerprint density at radius 3 is 1.97 bits per heavy atom. The number of halogens is 2. The van der Waals surface area contributed by atoms with Crippen LogP contribution in [-0.4, -0.2) is 31.6 Å². The van der Waals surface area contributed by atoms with E-state index in [2.05, 4.69) is 5.32 Å². The van der Waals surface area contributed by atoms with E-state index in [1.807, 2.05) is 0 Å². The monoisotopic (exact) mass is 537 g/mol. The van der Waals surface area contributed by atoms with Gasteiger partial charge in [0.2, 0.25) is 12.3 Å². The topological polar surface area (TPSA) is 83.5 Å². The smallest absolute Gasteiger partial charge is 0.247 e. The van der Waals surface area contributed by atoms with Crippen LogP contribution in [0.25, 0.3) is 0 Å². The first-order valence-corrected chi connectivity index (χ1v) is 14.9. The molecule has 0 spiro atoms. The van der Waals surface area contributed by atoms with Crippen LogP contribution in [0.1, 0.15) is 91.7 Å². The lowest BCUT2D eigenvalue weighted by Crippen LogP contribution is -2.30. The highest BCUT2D eigenvalue weighted by Crippen LogP contribution is 2.32. The van der Waals surface area contributed by atoms with E-state index < -0.39 is 27.4 Å². The molecule has 8 heteroatoms. The second-order valence-corrected chi connectivity index (χ2v) is 12.1. The van der Waals surface area contributed by atoms with Crippen molar-refractivity contribution in [3.63, 3.8) is 0 Å². The van der Waals surface area contributed by atoms with E-state index in [-0.39, 0.29) is 17.9 Å². The van der Waals surface area contributed by atoms with Crippen LogP contribution in [0.4, 0.5) is 14.5 Å². The van der Waals surface area contributed by atoms with Gasteiger partial charge in [-0.05, 0) is 61.9 Å². The molecule has 0 saturated carbocycles. The first-order chi connectivity index (χ1) is 17.5. The van der Waals surface area contributed by atoms with Crippen molar-refractivity contribution in [2.24, 2.45) is 0 Å². The lowest BCUT2D eigenvalue weighted by atomic mass is 10.0. The summed E-state index contributed by atoms with van der Waals surface area (Å²) in [4.78, 5) is 13.3. The van der Waals surface area contributed by atoms with E-state index in [0.29, 0.717) is 40.8 Å². The first kappa shape index (κ1) is 30.7. The molecule has 0 saturated heterocycles. The van der Waals surface area contributed by atoms with Gasteiger partial charge in [-0.15, -0.1) is 0 Å². The minimum Gasteiger partial charge on any atom is -0.507 e. The minimum atomic E-state index is -3.77. The molecule has 2 aromatic rings. The molecule has 0 aliphatic heterocycles. The number of sulfone groups is 1. The van der Waals surface area contributed by atoms with Gasteiger partial charge in [0.15, 0.2) is 15.1 Å². The van der Waals surface area contributed by atoms with Crippen LogP contribution >= 0.6 is 0 Å². The van der Waals surface area contributed by atoms with Gasteiger partial charge in [0.05, 0.1) is 5.75 Å². The number of aromatic hydroxyl groups is 1. The zero-order valence-electron chi connectivity index (χ0n) is 22.2. The number of nitrogens with one attached hydrogen (secondary N) is 1. The van der Waals surface area contributed by atoms with Gasteiger partial charge in [-0.25, -0.2) is 17.2 Å². The highest BCUT2D eigenvalue weighted by Gasteiger charge is 2.34. The van der Waals surface area contributed by atoms with Gasteiger partial charge in [-0.2, -0.15) is 0 Å². The molecule has 0 aliphatic carbocycles. The van der Waals surface area contributed by atoms with Crippen LogP contribution < -0.4 is 5.32 Å². The number of carbonyl (C=O) groups excluding carboxylic acids is 1. The Kier molecular flexibility index (Phi) is 12.5. The molecule has 0 bridgehead atoms. The molecule has 2 rings (SSSR count). The lowest BCUT2D eigenvalue weighted by molar-refractivity contribution is -0.115. The predicted octanol–water partition coefficient (Wildman–Crippen LogP) is 7.58. The second-order valence-electron chi connectivity index (χ2n) is 9.85. The molecule has 37 heavy (non-hydrogen) atoms. The molecule has 0 heterocycles. The molecule has 1 atom stereocenters. The maximum absolute atomic E-state index is 13.4. The van der Waals surface area contributed by atoms with Gasteiger partial charge < -0.3 is 10.4 Å². The number of aryl methyl sites for hydroxylation is 1. The number of hydrogen-bond acceptors (Lipinski definition) is 4. The number of anilines is 1. The maximum Gasteiger partial charge on any atom is 0.247 e. The third kappa shape index (κ3) is 9.72. The molecule has 2 aromatic carbocycles. The van der Waals surface area contributed by atoms with Crippen molar-refractivity contribution in [3.05, 3.63) is 58.7 Å². The third-order valence-corrected chi connectivity index (χ3v) is 8.93. The van der Waals surface area contributed by atoms with Crippen molar-refractivity contribution < 1.29 is 27.1 Å². The molecular weight excluding hydrogens is 496 g/mol. The molecule has 0 fully saturated rings. The summed E-state index contributed by atoms with van der Waals surface area (Å²) in [5.41, 5.74) is 2.85. The van der Waals surface area contributed by atoms with Gasteiger partial charge in [-0.1, -0.05) is 75.3 Å². The Bertz CT molecular complexity index is 1100. The van der Waals surface area contributed by atoms with Gasteiger partial charge in [0.25, 0.3) is 0 Å². The van der Waals surface area contributed by atoms with E-state index in [1.54, 1.807) is 57.2 Å². The summed E-state index contributed by atoms with van der Waals surface area (Å²) < 4.78 is 51.0. The number of amides is 1. The maximum atomic E-state index is 13.4. The fraction of sp³-hybridized carbons (Fsp3) is 0.552. The SMILES string of the molecule is Cc1cc(NC(=O)[C@H](c2ccccc2)S(=O)(=O)CCCCCCCCCCCC(F)F)c(C)c(C)c1O. The Balaban J connectivity index is 1.94. The van der Waals surface area contributed by atoms with Crippen LogP contribution in [0.15, 0.2) is 36.4 Å². The molecule has 0 aromatic heterocycles. The molecule has 0 unspecified atom stereocenters. The first-order valence-electron chi connectivity index (χ1n) is 13.2. The summed E-state index contributed by atoms with van der Waals surface area (Å²) in [6, 6.07) is 10.2. The van der Waals surface area contributed by atoms with E-state index in [0.717, 1.165) is 44.9 Å². The highest BCUT2D eigenvalue weighted by molar-refractivity contribution is 7.92. The number of phenolic OH excluding ortho intramolecular Hbond substituents is 1. The number of benzene rings is 2. The lowest BCUT2D eigenvalue weighted by Gasteiger charge is -2.20. The summed E-state index contributed by atoms with van der Waals surface area (Å²) in [5, 5.41) is 11.6. The van der Waals surface area contributed by atoms with Crippen molar-refractivity contribution in [2.75, 3.05) is 11.1 Å². The van der Waals surface area contributed by atoms with Gasteiger partial charge in [0.1, 0.15) is 5.75 Å². The fourth-order valence-corrected chi connectivity index (χ4v) is 6.30. The molecule has 1 amide bonds. The zero-order chi connectivity index (χ0) is 27.4. The Morgan fingerprint density at radius 2 is 1.41 bits per heavy atom. The largest absolute Gasteiger partial charge is 0.507 e. The third-order valence-electron chi connectivity index (χ3n) is 6.86. The molecule has 206 valence electrons. The van der Waals surface area contributed by atoms with Crippen LogP contribution in [0.3, 0.4) is 0 Å². The highest BCUT2D eigenvalue weighted by atomic mass is 32.2.